The summed E-state index contributed by atoms with van der Waals surface area (Å²) in [5.41, 5.74) is 1.74. The van der Waals surface area contributed by atoms with Crippen molar-refractivity contribution in [1.82, 2.24) is 0 Å². The molecule has 1 aliphatic rings. The molecule has 1 aromatic rings. The molecule has 0 spiro atoms. The van der Waals surface area contributed by atoms with Crippen LogP contribution in [0.5, 0.6) is 0 Å². The van der Waals surface area contributed by atoms with Crippen molar-refractivity contribution in [1.29, 1.82) is 0 Å². The number of anilines is 1. The van der Waals surface area contributed by atoms with Crippen LogP contribution in [-0.2, 0) is 9.47 Å². The normalized spacial score (nSPS) is 16.7. The van der Waals surface area contributed by atoms with Crippen molar-refractivity contribution < 1.29 is 14.3 Å². The van der Waals surface area contributed by atoms with Crippen LogP contribution in [0.2, 0.25) is 0 Å². The van der Waals surface area contributed by atoms with Gasteiger partial charge in [-0.2, -0.15) is 0 Å². The van der Waals surface area contributed by atoms with Crippen LogP contribution in [0.1, 0.15) is 23.2 Å². The molecule has 0 saturated carbocycles. The molecular weight excluding hydrogens is 230 g/mol. The highest BCUT2D eigenvalue weighted by molar-refractivity contribution is 5.89. The second-order valence-corrected chi connectivity index (χ2v) is 4.46. The molecule has 1 fully saturated rings. The van der Waals surface area contributed by atoms with E-state index in [1.165, 1.54) is 7.11 Å². The van der Waals surface area contributed by atoms with Crippen molar-refractivity contribution in [3.05, 3.63) is 29.8 Å². The van der Waals surface area contributed by atoms with E-state index in [9.17, 15) is 4.79 Å². The molecule has 1 aromatic carbocycles. The standard InChI is InChI=1S/C14H19NO3/c1-17-13-7-9-15(10-8-13)12-5-3-11(4-6-12)14(16)18-2/h3-6,13H,7-10H2,1-2H3. The first-order valence-electron chi connectivity index (χ1n) is 6.20. The average molecular weight is 249 g/mol. The lowest BCUT2D eigenvalue weighted by atomic mass is 10.1. The van der Waals surface area contributed by atoms with E-state index in [2.05, 4.69) is 9.64 Å². The summed E-state index contributed by atoms with van der Waals surface area (Å²) in [5.74, 6) is -0.292. The van der Waals surface area contributed by atoms with Crippen LogP contribution >= 0.6 is 0 Å². The molecule has 18 heavy (non-hydrogen) atoms. The number of piperidine rings is 1. The number of ether oxygens (including phenoxy) is 2. The second-order valence-electron chi connectivity index (χ2n) is 4.46. The number of carbonyl (C=O) groups is 1. The lowest BCUT2D eigenvalue weighted by molar-refractivity contribution is 0.0601. The number of methoxy groups -OCH3 is 2. The molecule has 0 aliphatic carbocycles. The van der Waals surface area contributed by atoms with Gasteiger partial charge in [-0.3, -0.25) is 0 Å². The maximum absolute atomic E-state index is 11.3. The SMILES string of the molecule is COC(=O)c1ccc(N2CCC(OC)CC2)cc1. The van der Waals surface area contributed by atoms with E-state index in [-0.39, 0.29) is 5.97 Å². The summed E-state index contributed by atoms with van der Waals surface area (Å²) in [7, 11) is 3.16. The predicted octanol–water partition coefficient (Wildman–Crippen LogP) is 2.09. The van der Waals surface area contributed by atoms with Gasteiger partial charge in [0.2, 0.25) is 0 Å². The molecule has 98 valence electrons. The Labute approximate surface area is 107 Å². The summed E-state index contributed by atoms with van der Waals surface area (Å²) in [6.45, 7) is 1.99. The van der Waals surface area contributed by atoms with E-state index in [0.717, 1.165) is 31.6 Å². The Bertz CT molecular complexity index is 394. The summed E-state index contributed by atoms with van der Waals surface area (Å²) in [6.07, 6.45) is 2.49. The van der Waals surface area contributed by atoms with Crippen molar-refractivity contribution in [2.45, 2.75) is 18.9 Å². The number of benzene rings is 1. The summed E-state index contributed by atoms with van der Waals surface area (Å²) >= 11 is 0. The van der Waals surface area contributed by atoms with Gasteiger partial charge in [-0.15, -0.1) is 0 Å². The van der Waals surface area contributed by atoms with Crippen LogP contribution in [0.25, 0.3) is 0 Å². The Morgan fingerprint density at radius 3 is 2.28 bits per heavy atom. The van der Waals surface area contributed by atoms with Gasteiger partial charge >= 0.3 is 5.97 Å². The molecule has 4 nitrogen and oxygen atoms in total. The van der Waals surface area contributed by atoms with Crippen LogP contribution in [0, 0.1) is 0 Å². The van der Waals surface area contributed by atoms with Crippen molar-refractivity contribution in [2.75, 3.05) is 32.2 Å². The average Bonchev–Trinajstić information content (AvgIpc) is 2.47. The Morgan fingerprint density at radius 1 is 1.17 bits per heavy atom. The smallest absolute Gasteiger partial charge is 0.337 e. The predicted molar refractivity (Wildman–Crippen MR) is 70.0 cm³/mol. The summed E-state index contributed by atoms with van der Waals surface area (Å²) in [4.78, 5) is 13.6. The van der Waals surface area contributed by atoms with Crippen LogP contribution in [0.4, 0.5) is 5.69 Å². The van der Waals surface area contributed by atoms with Crippen LogP contribution in [0.15, 0.2) is 24.3 Å². The highest BCUT2D eigenvalue weighted by Gasteiger charge is 2.18. The maximum atomic E-state index is 11.3. The van der Waals surface area contributed by atoms with Gasteiger partial charge in [0.1, 0.15) is 0 Å². The number of hydrogen-bond acceptors (Lipinski definition) is 4. The summed E-state index contributed by atoms with van der Waals surface area (Å²) in [5, 5.41) is 0. The maximum Gasteiger partial charge on any atom is 0.337 e. The molecule has 0 N–H and O–H groups in total. The lowest BCUT2D eigenvalue weighted by Gasteiger charge is -2.32. The van der Waals surface area contributed by atoms with Crippen molar-refractivity contribution >= 4 is 11.7 Å². The van der Waals surface area contributed by atoms with Gasteiger partial charge in [-0.25, -0.2) is 4.79 Å². The minimum atomic E-state index is -0.292. The second kappa shape index (κ2) is 5.87. The minimum absolute atomic E-state index is 0.292. The number of esters is 1. The van der Waals surface area contributed by atoms with Gasteiger partial charge in [0.05, 0.1) is 18.8 Å². The third kappa shape index (κ3) is 2.82. The number of rotatable bonds is 3. The van der Waals surface area contributed by atoms with E-state index in [1.807, 2.05) is 24.3 Å². The van der Waals surface area contributed by atoms with Crippen molar-refractivity contribution in [3.8, 4) is 0 Å². The zero-order valence-corrected chi connectivity index (χ0v) is 10.9. The Morgan fingerprint density at radius 2 is 1.78 bits per heavy atom. The van der Waals surface area contributed by atoms with Crippen molar-refractivity contribution in [3.63, 3.8) is 0 Å². The number of nitrogens with zero attached hydrogens (tertiary/aromatic N) is 1. The van der Waals surface area contributed by atoms with Crippen LogP contribution in [-0.4, -0.2) is 39.4 Å². The van der Waals surface area contributed by atoms with Crippen LogP contribution < -0.4 is 4.90 Å². The monoisotopic (exact) mass is 249 g/mol. The highest BCUT2D eigenvalue weighted by Crippen LogP contribution is 2.21. The lowest BCUT2D eigenvalue weighted by Crippen LogP contribution is -2.36. The third-order valence-corrected chi connectivity index (χ3v) is 3.43. The summed E-state index contributed by atoms with van der Waals surface area (Å²) < 4.78 is 10.0. The number of hydrogen-bond donors (Lipinski definition) is 0. The molecule has 0 bridgehead atoms. The Kier molecular flexibility index (Phi) is 4.20. The molecule has 0 unspecified atom stereocenters. The molecule has 2 rings (SSSR count). The molecular formula is C14H19NO3. The van der Waals surface area contributed by atoms with Gasteiger partial charge < -0.3 is 14.4 Å². The zero-order chi connectivity index (χ0) is 13.0. The summed E-state index contributed by atoms with van der Waals surface area (Å²) in [6, 6.07) is 7.56. The highest BCUT2D eigenvalue weighted by atomic mass is 16.5. The number of carbonyl (C=O) groups excluding carboxylic acids is 1. The fourth-order valence-corrected chi connectivity index (χ4v) is 2.28. The van der Waals surface area contributed by atoms with Gasteiger partial charge in [-0.1, -0.05) is 0 Å². The molecule has 1 aliphatic heterocycles. The fraction of sp³-hybridized carbons (Fsp3) is 0.500. The van der Waals surface area contributed by atoms with Crippen molar-refractivity contribution in [2.24, 2.45) is 0 Å². The van der Waals surface area contributed by atoms with Gasteiger partial charge in [0.15, 0.2) is 0 Å². The van der Waals surface area contributed by atoms with E-state index < -0.39 is 0 Å². The topological polar surface area (TPSA) is 38.8 Å². The first kappa shape index (κ1) is 12.9. The third-order valence-electron chi connectivity index (χ3n) is 3.43. The Balaban J connectivity index is 2.00. The van der Waals surface area contributed by atoms with E-state index in [0.29, 0.717) is 11.7 Å². The minimum Gasteiger partial charge on any atom is -0.465 e. The Hall–Kier alpha value is -1.55. The van der Waals surface area contributed by atoms with Gasteiger partial charge in [0, 0.05) is 25.9 Å². The first-order valence-corrected chi connectivity index (χ1v) is 6.20. The molecule has 0 radical (unpaired) electrons. The molecule has 4 heteroatoms. The molecule has 0 aromatic heterocycles. The quantitative estimate of drug-likeness (QED) is 0.769. The zero-order valence-electron chi connectivity index (χ0n) is 10.9. The fourth-order valence-electron chi connectivity index (χ4n) is 2.28. The van der Waals surface area contributed by atoms with Gasteiger partial charge in [-0.05, 0) is 37.1 Å². The van der Waals surface area contributed by atoms with Crippen LogP contribution in [0.3, 0.4) is 0 Å². The molecule has 1 heterocycles. The van der Waals surface area contributed by atoms with Gasteiger partial charge in [0.25, 0.3) is 0 Å². The first-order chi connectivity index (χ1) is 8.74. The molecule has 0 amide bonds. The largest absolute Gasteiger partial charge is 0.465 e. The van der Waals surface area contributed by atoms with E-state index in [1.54, 1.807) is 7.11 Å². The van der Waals surface area contributed by atoms with E-state index in [4.69, 9.17) is 4.74 Å². The van der Waals surface area contributed by atoms with E-state index >= 15 is 0 Å². The molecule has 0 atom stereocenters. The molecule has 1 saturated heterocycles.